The van der Waals surface area contributed by atoms with E-state index in [4.69, 9.17) is 5.73 Å². The largest absolute Gasteiger partial charge is 0.400 e. The average Bonchev–Trinajstić information content (AvgIpc) is 2.10. The van der Waals surface area contributed by atoms with E-state index in [1.807, 2.05) is 12.1 Å². The lowest BCUT2D eigenvalue weighted by Crippen LogP contribution is -2.30. The zero-order valence-corrected chi connectivity index (χ0v) is 9.03. The first-order chi connectivity index (χ1) is 5.79. The van der Waals surface area contributed by atoms with E-state index in [-0.39, 0.29) is 0 Å². The highest BCUT2D eigenvalue weighted by Crippen LogP contribution is 2.05. The molecule has 0 aliphatic heterocycles. The minimum absolute atomic E-state index is 0.715. The first-order valence-corrected chi connectivity index (χ1v) is 6.85. The molecule has 64 valence electrons. The van der Waals surface area contributed by atoms with Gasteiger partial charge in [0.2, 0.25) is 0 Å². The van der Waals surface area contributed by atoms with Crippen LogP contribution in [0, 0.1) is 0 Å². The predicted octanol–water partition coefficient (Wildman–Crippen LogP) is 2.01. The molecule has 1 nitrogen and oxygen atoms in total. The average molecular weight is 177 g/mol. The fourth-order valence-electron chi connectivity index (χ4n) is 1.61. The van der Waals surface area contributed by atoms with Crippen LogP contribution in [0.2, 0.25) is 10.6 Å². The van der Waals surface area contributed by atoms with Gasteiger partial charge in [-0.15, -0.1) is 0 Å². The maximum absolute atomic E-state index is 5.91. The number of para-hydroxylation sites is 1. The van der Waals surface area contributed by atoms with E-state index in [1.165, 1.54) is 15.0 Å². The molecule has 0 bridgehead atoms. The Morgan fingerprint density at radius 3 is 2.25 bits per heavy atom. The lowest BCUT2D eigenvalue weighted by Gasteiger charge is -2.09. The predicted molar refractivity (Wildman–Crippen MR) is 57.2 cm³/mol. The summed E-state index contributed by atoms with van der Waals surface area (Å²) in [4.78, 5) is 0. The Morgan fingerprint density at radius 1 is 1.17 bits per heavy atom. The first-order valence-electron chi connectivity index (χ1n) is 4.64. The normalized spacial score (nSPS) is 9.83. The van der Waals surface area contributed by atoms with Crippen LogP contribution in [0.4, 0.5) is 5.69 Å². The van der Waals surface area contributed by atoms with Crippen molar-refractivity contribution in [2.24, 2.45) is 0 Å². The topological polar surface area (TPSA) is 26.0 Å². The van der Waals surface area contributed by atoms with Gasteiger partial charge in [-0.1, -0.05) is 47.0 Å². The Kier molecular flexibility index (Phi) is 3.65. The molecule has 0 amide bonds. The van der Waals surface area contributed by atoms with E-state index in [1.54, 1.807) is 0 Å². The maximum atomic E-state index is 5.91. The fourth-order valence-corrected chi connectivity index (χ4v) is 4.02. The van der Waals surface area contributed by atoms with E-state index in [9.17, 15) is 0 Å². The van der Waals surface area contributed by atoms with E-state index >= 15 is 0 Å². The summed E-state index contributed by atoms with van der Waals surface area (Å²) in [7, 11) is 0. The van der Waals surface area contributed by atoms with Crippen LogP contribution >= 0.6 is 0 Å². The minimum Gasteiger partial charge on any atom is -0.400 e. The zero-order valence-electron chi connectivity index (χ0n) is 7.88. The SMILES string of the molecule is C[CH2][Al]([CH2]C)[c]1ccccc1N. The molecule has 0 aromatic heterocycles. The molecule has 12 heavy (non-hydrogen) atoms. The third-order valence-electron chi connectivity index (χ3n) is 2.42. The van der Waals surface area contributed by atoms with Crippen molar-refractivity contribution in [1.82, 2.24) is 0 Å². The monoisotopic (exact) mass is 177 g/mol. The Balaban J connectivity index is 2.92. The molecule has 2 heteroatoms. The van der Waals surface area contributed by atoms with Gasteiger partial charge < -0.3 is 5.73 Å². The summed E-state index contributed by atoms with van der Waals surface area (Å²) in [6.45, 7) is 4.54. The molecule has 0 fully saturated rings. The summed E-state index contributed by atoms with van der Waals surface area (Å²) < 4.78 is 1.45. The summed E-state index contributed by atoms with van der Waals surface area (Å²) in [6, 6.07) is 8.31. The second kappa shape index (κ2) is 4.55. The van der Waals surface area contributed by atoms with Crippen LogP contribution in [0.1, 0.15) is 13.8 Å². The molecule has 0 saturated carbocycles. The molecule has 1 aromatic carbocycles. The molecule has 0 spiro atoms. The van der Waals surface area contributed by atoms with Gasteiger partial charge in [0.15, 0.2) is 0 Å². The van der Waals surface area contributed by atoms with E-state index in [0.29, 0.717) is 0 Å². The van der Waals surface area contributed by atoms with Crippen molar-refractivity contribution >= 4 is 24.3 Å². The summed E-state index contributed by atoms with van der Waals surface area (Å²) in [5.74, 6) is 0. The van der Waals surface area contributed by atoms with Gasteiger partial charge >= 0.3 is 14.1 Å². The highest BCUT2D eigenvalue weighted by molar-refractivity contribution is 6.74. The van der Waals surface area contributed by atoms with Crippen molar-refractivity contribution in [1.29, 1.82) is 0 Å². The number of nitrogen functional groups attached to an aromatic ring is 1. The summed E-state index contributed by atoms with van der Waals surface area (Å²) in [5.41, 5.74) is 6.91. The van der Waals surface area contributed by atoms with Crippen LogP contribution in [0.25, 0.3) is 0 Å². The summed E-state index contributed by atoms with van der Waals surface area (Å²) >= 11 is -0.715. The smallest absolute Gasteiger partial charge is 0.308 e. The van der Waals surface area contributed by atoms with Crippen molar-refractivity contribution in [3.63, 3.8) is 0 Å². The molecular weight excluding hydrogens is 161 g/mol. The van der Waals surface area contributed by atoms with Crippen LogP contribution in [0.5, 0.6) is 0 Å². The number of anilines is 1. The maximum Gasteiger partial charge on any atom is 0.308 e. The van der Waals surface area contributed by atoms with Gasteiger partial charge in [0, 0.05) is 5.69 Å². The summed E-state index contributed by atoms with van der Waals surface area (Å²) in [5, 5.41) is 2.62. The van der Waals surface area contributed by atoms with Gasteiger partial charge in [-0.25, -0.2) is 0 Å². The van der Waals surface area contributed by atoms with E-state index < -0.39 is 14.1 Å². The van der Waals surface area contributed by atoms with E-state index in [0.717, 1.165) is 5.69 Å². The van der Waals surface area contributed by atoms with E-state index in [2.05, 4.69) is 26.0 Å². The van der Waals surface area contributed by atoms with Gasteiger partial charge in [0.05, 0.1) is 0 Å². The number of nitrogens with two attached hydrogens (primary N) is 1. The molecule has 0 radical (unpaired) electrons. The van der Waals surface area contributed by atoms with Crippen molar-refractivity contribution in [3.8, 4) is 0 Å². The number of hydrogen-bond donors (Lipinski definition) is 1. The Labute approximate surface area is 79.0 Å². The van der Waals surface area contributed by atoms with Crippen molar-refractivity contribution < 1.29 is 0 Å². The summed E-state index contributed by atoms with van der Waals surface area (Å²) in [6.07, 6.45) is 0. The third kappa shape index (κ3) is 2.03. The van der Waals surface area contributed by atoms with Crippen LogP contribution in [0.3, 0.4) is 0 Å². The molecule has 0 aliphatic rings. The molecule has 0 heterocycles. The highest BCUT2D eigenvalue weighted by Gasteiger charge is 2.16. The lowest BCUT2D eigenvalue weighted by molar-refractivity contribution is 1.33. The molecule has 0 unspecified atom stereocenters. The second-order valence-corrected chi connectivity index (χ2v) is 6.79. The molecule has 1 aromatic rings. The zero-order chi connectivity index (χ0) is 8.97. The fraction of sp³-hybridized carbons (Fsp3) is 0.400. The number of hydrogen-bond acceptors (Lipinski definition) is 1. The Morgan fingerprint density at radius 2 is 1.75 bits per heavy atom. The Bertz CT molecular complexity index is 243. The van der Waals surface area contributed by atoms with Gasteiger partial charge in [0.1, 0.15) is 0 Å². The molecule has 0 aliphatic carbocycles. The molecule has 0 saturated heterocycles. The number of benzene rings is 1. The quantitative estimate of drug-likeness (QED) is 0.554. The van der Waals surface area contributed by atoms with Crippen LogP contribution < -0.4 is 10.2 Å². The van der Waals surface area contributed by atoms with Crippen LogP contribution in [-0.4, -0.2) is 14.1 Å². The number of rotatable bonds is 3. The lowest BCUT2D eigenvalue weighted by atomic mass is 10.3. The second-order valence-electron chi connectivity index (χ2n) is 3.14. The molecule has 0 atom stereocenters. The van der Waals surface area contributed by atoms with Crippen molar-refractivity contribution in [2.45, 2.75) is 24.4 Å². The Hall–Kier alpha value is -0.448. The van der Waals surface area contributed by atoms with Crippen LogP contribution in [-0.2, 0) is 0 Å². The minimum atomic E-state index is -0.715. The first kappa shape index (κ1) is 9.64. The van der Waals surface area contributed by atoms with Gasteiger partial charge in [-0.2, -0.15) is 0 Å². The van der Waals surface area contributed by atoms with Gasteiger partial charge in [-0.3, -0.25) is 0 Å². The van der Waals surface area contributed by atoms with Gasteiger partial charge in [0.25, 0.3) is 0 Å². The highest BCUT2D eigenvalue weighted by atomic mass is 27.2. The molecule has 1 rings (SSSR count). The third-order valence-corrected chi connectivity index (χ3v) is 5.80. The molecule has 2 N–H and O–H groups in total. The van der Waals surface area contributed by atoms with Crippen molar-refractivity contribution in [3.05, 3.63) is 24.3 Å². The standard InChI is InChI=1S/C6H6N.2C2H5.Al/c7-6-4-2-1-3-5-6;2*1-2;/h1-4H,7H2;2*1H2,2H3;. The van der Waals surface area contributed by atoms with Gasteiger partial charge in [-0.05, 0) is 6.07 Å². The van der Waals surface area contributed by atoms with Crippen LogP contribution in [0.15, 0.2) is 24.3 Å². The molecular formula is C10H16AlN. The van der Waals surface area contributed by atoms with Crippen molar-refractivity contribution in [2.75, 3.05) is 5.73 Å².